The Morgan fingerprint density at radius 3 is 2.64 bits per heavy atom. The standard InChI is InChI=1S/C25H25FN2O4S/c1-16-5-4-6-22(11-16)33(30,31)28-15-17(2)32-25-23(28)12-19(14-27-25)13-24(29)18(3)20-7-9-21(26)10-8-20/h4-12,14,17-18H,13,15H2,1-3H3/t17-,18?/m0/s1. The molecule has 1 aliphatic rings. The SMILES string of the molecule is Cc1cccc(S(=O)(=O)N2C[C@H](C)Oc3ncc(CC(=O)C(C)c4ccc(F)cc4)cc32)c1. The lowest BCUT2D eigenvalue weighted by Gasteiger charge is -2.33. The molecule has 0 amide bonds. The third-order valence-electron chi connectivity index (χ3n) is 5.70. The first-order valence-electron chi connectivity index (χ1n) is 10.7. The van der Waals surface area contributed by atoms with Crippen LogP contribution >= 0.6 is 0 Å². The van der Waals surface area contributed by atoms with E-state index in [1.54, 1.807) is 50.2 Å². The van der Waals surface area contributed by atoms with Crippen molar-refractivity contribution in [3.63, 3.8) is 0 Å². The summed E-state index contributed by atoms with van der Waals surface area (Å²) in [6.07, 6.45) is 1.21. The van der Waals surface area contributed by atoms with Gasteiger partial charge in [0.25, 0.3) is 10.0 Å². The van der Waals surface area contributed by atoms with E-state index in [1.165, 1.54) is 22.6 Å². The second-order valence-electron chi connectivity index (χ2n) is 8.37. The monoisotopic (exact) mass is 468 g/mol. The number of carbonyl (C=O) groups is 1. The van der Waals surface area contributed by atoms with Gasteiger partial charge in [-0.15, -0.1) is 0 Å². The van der Waals surface area contributed by atoms with Gasteiger partial charge >= 0.3 is 0 Å². The van der Waals surface area contributed by atoms with Gasteiger partial charge in [0, 0.05) is 18.5 Å². The van der Waals surface area contributed by atoms with Crippen LogP contribution in [0.5, 0.6) is 5.88 Å². The number of aryl methyl sites for hydroxylation is 1. The lowest BCUT2D eigenvalue weighted by atomic mass is 9.93. The molecule has 0 fully saturated rings. The van der Waals surface area contributed by atoms with Gasteiger partial charge in [-0.1, -0.05) is 31.2 Å². The summed E-state index contributed by atoms with van der Waals surface area (Å²) in [5, 5.41) is 0. The van der Waals surface area contributed by atoms with Gasteiger partial charge in [0.15, 0.2) is 0 Å². The lowest BCUT2D eigenvalue weighted by Crippen LogP contribution is -2.42. The molecule has 0 radical (unpaired) electrons. The predicted molar refractivity (Wildman–Crippen MR) is 124 cm³/mol. The van der Waals surface area contributed by atoms with Gasteiger partial charge in [0.05, 0.1) is 11.4 Å². The second-order valence-corrected chi connectivity index (χ2v) is 10.2. The Morgan fingerprint density at radius 2 is 1.94 bits per heavy atom. The fraction of sp³-hybridized carbons (Fsp3) is 0.280. The average Bonchev–Trinajstić information content (AvgIpc) is 2.78. The van der Waals surface area contributed by atoms with E-state index in [-0.39, 0.29) is 41.4 Å². The Morgan fingerprint density at radius 1 is 1.21 bits per heavy atom. The van der Waals surface area contributed by atoms with Crippen molar-refractivity contribution in [3.05, 3.63) is 83.3 Å². The van der Waals surface area contributed by atoms with Crippen LogP contribution in [-0.4, -0.2) is 31.8 Å². The van der Waals surface area contributed by atoms with Crippen LogP contribution in [0.1, 0.15) is 36.5 Å². The molecule has 0 aliphatic carbocycles. The second kappa shape index (κ2) is 8.94. The highest BCUT2D eigenvalue weighted by molar-refractivity contribution is 7.92. The van der Waals surface area contributed by atoms with Crippen LogP contribution in [0, 0.1) is 12.7 Å². The number of pyridine rings is 1. The van der Waals surface area contributed by atoms with Crippen molar-refractivity contribution in [1.82, 2.24) is 4.98 Å². The minimum Gasteiger partial charge on any atom is -0.471 e. The van der Waals surface area contributed by atoms with Crippen LogP contribution in [-0.2, 0) is 21.2 Å². The summed E-state index contributed by atoms with van der Waals surface area (Å²) in [5.41, 5.74) is 2.45. The molecular weight excluding hydrogens is 443 g/mol. The van der Waals surface area contributed by atoms with E-state index < -0.39 is 15.9 Å². The molecule has 172 valence electrons. The summed E-state index contributed by atoms with van der Waals surface area (Å²) in [6, 6.07) is 14.2. The van der Waals surface area contributed by atoms with Crippen LogP contribution in [0.15, 0.2) is 65.7 Å². The molecule has 1 aliphatic heterocycles. The molecule has 2 aromatic carbocycles. The number of Topliss-reactive ketones (excluding diaryl/α,β-unsaturated/α-hetero) is 1. The molecule has 0 N–H and O–H groups in total. The van der Waals surface area contributed by atoms with Crippen molar-refractivity contribution in [2.75, 3.05) is 10.8 Å². The van der Waals surface area contributed by atoms with Crippen LogP contribution in [0.2, 0.25) is 0 Å². The minimum atomic E-state index is -3.85. The number of anilines is 1. The number of halogens is 1. The Labute approximate surface area is 193 Å². The smallest absolute Gasteiger partial charge is 0.264 e. The summed E-state index contributed by atoms with van der Waals surface area (Å²) < 4.78 is 47.2. The van der Waals surface area contributed by atoms with E-state index in [0.717, 1.165) is 5.56 Å². The van der Waals surface area contributed by atoms with Crippen molar-refractivity contribution in [1.29, 1.82) is 0 Å². The van der Waals surface area contributed by atoms with Crippen LogP contribution in [0.25, 0.3) is 0 Å². The predicted octanol–water partition coefficient (Wildman–Crippen LogP) is 4.42. The van der Waals surface area contributed by atoms with Crippen molar-refractivity contribution < 1.29 is 22.3 Å². The lowest BCUT2D eigenvalue weighted by molar-refractivity contribution is -0.119. The van der Waals surface area contributed by atoms with Gasteiger partial charge < -0.3 is 4.74 Å². The zero-order valence-corrected chi connectivity index (χ0v) is 19.5. The summed E-state index contributed by atoms with van der Waals surface area (Å²) in [7, 11) is -3.85. The van der Waals surface area contributed by atoms with Gasteiger partial charge in [0.1, 0.15) is 23.4 Å². The molecule has 1 aromatic heterocycles. The number of ether oxygens (including phenoxy) is 1. The molecule has 2 atom stereocenters. The van der Waals surface area contributed by atoms with Gasteiger partial charge in [-0.3, -0.25) is 9.10 Å². The van der Waals surface area contributed by atoms with E-state index >= 15 is 0 Å². The Hall–Kier alpha value is -3.26. The highest BCUT2D eigenvalue weighted by Gasteiger charge is 2.34. The van der Waals surface area contributed by atoms with Gasteiger partial charge in [-0.25, -0.2) is 17.8 Å². The van der Waals surface area contributed by atoms with E-state index in [9.17, 15) is 17.6 Å². The third kappa shape index (κ3) is 4.75. The van der Waals surface area contributed by atoms with Crippen LogP contribution in [0.4, 0.5) is 10.1 Å². The fourth-order valence-electron chi connectivity index (χ4n) is 3.83. The van der Waals surface area contributed by atoms with Gasteiger partial charge in [-0.2, -0.15) is 0 Å². The Balaban J connectivity index is 1.64. The maximum atomic E-state index is 13.4. The number of fused-ring (bicyclic) bond motifs is 1. The first-order chi connectivity index (χ1) is 15.6. The molecule has 33 heavy (non-hydrogen) atoms. The van der Waals surface area contributed by atoms with Gasteiger partial charge in [0.2, 0.25) is 5.88 Å². The number of carbonyl (C=O) groups excluding carboxylic acids is 1. The number of nitrogens with zero attached hydrogens (tertiary/aromatic N) is 2. The zero-order valence-electron chi connectivity index (χ0n) is 18.7. The van der Waals surface area contributed by atoms with Crippen molar-refractivity contribution >= 4 is 21.5 Å². The summed E-state index contributed by atoms with van der Waals surface area (Å²) in [5.74, 6) is -0.666. The van der Waals surface area contributed by atoms with Crippen molar-refractivity contribution in [2.45, 2.75) is 44.1 Å². The number of rotatable bonds is 6. The summed E-state index contributed by atoms with van der Waals surface area (Å²) in [6.45, 7) is 5.52. The Bertz CT molecular complexity index is 1290. The molecular formula is C25H25FN2O4S. The van der Waals surface area contributed by atoms with Gasteiger partial charge in [-0.05, 0) is 60.9 Å². The molecule has 0 spiro atoms. The van der Waals surface area contributed by atoms with Crippen molar-refractivity contribution in [2.24, 2.45) is 0 Å². The number of hydrogen-bond acceptors (Lipinski definition) is 5. The van der Waals surface area contributed by atoms with Crippen molar-refractivity contribution in [3.8, 4) is 5.88 Å². The number of sulfonamides is 1. The highest BCUT2D eigenvalue weighted by Crippen LogP contribution is 2.36. The molecule has 3 aromatic rings. The molecule has 0 saturated carbocycles. The summed E-state index contributed by atoms with van der Waals surface area (Å²) in [4.78, 5) is 17.4. The largest absolute Gasteiger partial charge is 0.471 e. The minimum absolute atomic E-state index is 0.0622. The number of ketones is 1. The first kappa shape index (κ1) is 22.9. The molecule has 4 rings (SSSR count). The van der Waals surface area contributed by atoms with E-state index in [1.807, 2.05) is 13.0 Å². The highest BCUT2D eigenvalue weighted by atomic mass is 32.2. The molecule has 2 heterocycles. The van der Waals surface area contributed by atoms with E-state index in [4.69, 9.17) is 4.74 Å². The average molecular weight is 469 g/mol. The molecule has 8 heteroatoms. The zero-order chi connectivity index (χ0) is 23.8. The molecule has 1 unspecified atom stereocenters. The van der Waals surface area contributed by atoms with Crippen LogP contribution < -0.4 is 9.04 Å². The molecule has 0 saturated heterocycles. The normalized spacial score (nSPS) is 16.6. The number of aromatic nitrogens is 1. The first-order valence-corrected chi connectivity index (χ1v) is 12.1. The van der Waals surface area contributed by atoms with Crippen LogP contribution in [0.3, 0.4) is 0 Å². The van der Waals surface area contributed by atoms with E-state index in [0.29, 0.717) is 16.8 Å². The third-order valence-corrected chi connectivity index (χ3v) is 7.48. The maximum Gasteiger partial charge on any atom is 0.264 e. The van der Waals surface area contributed by atoms with E-state index in [2.05, 4.69) is 4.98 Å². The Kier molecular flexibility index (Phi) is 6.21. The molecule has 6 nitrogen and oxygen atoms in total. The maximum absolute atomic E-state index is 13.4. The molecule has 0 bridgehead atoms. The summed E-state index contributed by atoms with van der Waals surface area (Å²) >= 11 is 0. The quantitative estimate of drug-likeness (QED) is 0.535. The topological polar surface area (TPSA) is 76.6 Å². The fourth-order valence-corrected chi connectivity index (χ4v) is 5.47. The number of hydrogen-bond donors (Lipinski definition) is 0. The number of benzene rings is 2.